The van der Waals surface area contributed by atoms with Crippen LogP contribution in [0.4, 0.5) is 10.1 Å². The van der Waals surface area contributed by atoms with Gasteiger partial charge >= 0.3 is 0 Å². The average Bonchev–Trinajstić information content (AvgIpc) is 2.70. The van der Waals surface area contributed by atoms with Crippen LogP contribution in [0.15, 0.2) is 18.2 Å². The standard InChI is InChI=1S/C16H23FN2O/c1-11(12-7-4-2-3-5-8-12)19-16(20)13-9-6-10-14(17)15(13)18/h6,9-12H,2-5,7-8,18H2,1H3,(H,19,20)/t11-/m1/s1. The number of carbonyl (C=O) groups is 1. The van der Waals surface area contributed by atoms with Crippen LogP contribution in [0, 0.1) is 11.7 Å². The largest absolute Gasteiger partial charge is 0.396 e. The number of para-hydroxylation sites is 1. The minimum Gasteiger partial charge on any atom is -0.396 e. The number of amides is 1. The predicted molar refractivity (Wildman–Crippen MR) is 78.9 cm³/mol. The van der Waals surface area contributed by atoms with E-state index in [0.29, 0.717) is 5.92 Å². The Kier molecular flexibility index (Phi) is 4.99. The molecule has 110 valence electrons. The van der Waals surface area contributed by atoms with Crippen LogP contribution >= 0.6 is 0 Å². The van der Waals surface area contributed by atoms with Crippen molar-refractivity contribution in [1.82, 2.24) is 5.32 Å². The molecule has 1 amide bonds. The van der Waals surface area contributed by atoms with E-state index in [9.17, 15) is 9.18 Å². The van der Waals surface area contributed by atoms with Gasteiger partial charge in [0.1, 0.15) is 5.82 Å². The van der Waals surface area contributed by atoms with Gasteiger partial charge in [-0.3, -0.25) is 4.79 Å². The molecule has 1 aromatic carbocycles. The van der Waals surface area contributed by atoms with Gasteiger partial charge in [-0.25, -0.2) is 4.39 Å². The summed E-state index contributed by atoms with van der Waals surface area (Å²) in [6.45, 7) is 2.03. The van der Waals surface area contributed by atoms with Crippen molar-refractivity contribution in [2.24, 2.45) is 5.92 Å². The minimum absolute atomic E-state index is 0.0712. The first-order chi connectivity index (χ1) is 9.59. The van der Waals surface area contributed by atoms with Gasteiger partial charge in [0, 0.05) is 6.04 Å². The molecular weight excluding hydrogens is 255 g/mol. The van der Waals surface area contributed by atoms with Crippen LogP contribution in [0.5, 0.6) is 0 Å². The summed E-state index contributed by atoms with van der Waals surface area (Å²) in [7, 11) is 0. The van der Waals surface area contributed by atoms with E-state index in [1.165, 1.54) is 37.8 Å². The number of hydrogen-bond acceptors (Lipinski definition) is 2. The minimum atomic E-state index is -0.542. The fourth-order valence-electron chi connectivity index (χ4n) is 2.95. The Labute approximate surface area is 119 Å². The Morgan fingerprint density at radius 2 is 1.95 bits per heavy atom. The molecule has 0 spiro atoms. The maximum Gasteiger partial charge on any atom is 0.253 e. The van der Waals surface area contributed by atoms with Gasteiger partial charge < -0.3 is 11.1 Å². The van der Waals surface area contributed by atoms with Crippen molar-refractivity contribution in [3.63, 3.8) is 0 Å². The van der Waals surface area contributed by atoms with Crippen LogP contribution in [0.1, 0.15) is 55.8 Å². The second-order valence-electron chi connectivity index (χ2n) is 5.71. The first-order valence-corrected chi connectivity index (χ1v) is 7.44. The third-order valence-electron chi connectivity index (χ3n) is 4.26. The summed E-state index contributed by atoms with van der Waals surface area (Å²) in [5, 5.41) is 2.98. The van der Waals surface area contributed by atoms with Crippen molar-refractivity contribution in [2.75, 3.05) is 5.73 Å². The van der Waals surface area contributed by atoms with Crippen molar-refractivity contribution in [3.05, 3.63) is 29.6 Å². The molecule has 1 fully saturated rings. The lowest BCUT2D eigenvalue weighted by Gasteiger charge is -2.23. The number of anilines is 1. The van der Waals surface area contributed by atoms with E-state index in [0.717, 1.165) is 12.8 Å². The van der Waals surface area contributed by atoms with E-state index < -0.39 is 5.82 Å². The zero-order valence-corrected chi connectivity index (χ0v) is 12.0. The Morgan fingerprint density at radius 1 is 1.30 bits per heavy atom. The molecule has 0 saturated heterocycles. The lowest BCUT2D eigenvalue weighted by atomic mass is 9.93. The van der Waals surface area contributed by atoms with E-state index in [4.69, 9.17) is 5.73 Å². The van der Waals surface area contributed by atoms with Crippen molar-refractivity contribution < 1.29 is 9.18 Å². The highest BCUT2D eigenvalue weighted by atomic mass is 19.1. The summed E-state index contributed by atoms with van der Waals surface area (Å²) >= 11 is 0. The van der Waals surface area contributed by atoms with Gasteiger partial charge in [0.25, 0.3) is 5.91 Å². The quantitative estimate of drug-likeness (QED) is 0.657. The van der Waals surface area contributed by atoms with Gasteiger partial charge in [0.05, 0.1) is 11.3 Å². The van der Waals surface area contributed by atoms with E-state index >= 15 is 0 Å². The maximum absolute atomic E-state index is 13.4. The van der Waals surface area contributed by atoms with Gasteiger partial charge in [0.2, 0.25) is 0 Å². The van der Waals surface area contributed by atoms with Gasteiger partial charge in [-0.2, -0.15) is 0 Å². The lowest BCUT2D eigenvalue weighted by molar-refractivity contribution is 0.0924. The fraction of sp³-hybridized carbons (Fsp3) is 0.562. The Morgan fingerprint density at radius 3 is 2.60 bits per heavy atom. The Balaban J connectivity index is 2.01. The van der Waals surface area contributed by atoms with Crippen LogP contribution < -0.4 is 11.1 Å². The molecule has 1 atom stereocenters. The van der Waals surface area contributed by atoms with Crippen LogP contribution in [-0.4, -0.2) is 11.9 Å². The van der Waals surface area contributed by atoms with Crippen LogP contribution in [-0.2, 0) is 0 Å². The third kappa shape index (κ3) is 3.50. The smallest absolute Gasteiger partial charge is 0.253 e. The Hall–Kier alpha value is -1.58. The second-order valence-corrected chi connectivity index (χ2v) is 5.71. The number of nitrogens with two attached hydrogens (primary N) is 1. The SMILES string of the molecule is C[C@@H](NC(=O)c1cccc(F)c1N)C1CCCCCC1. The molecule has 4 heteroatoms. The second kappa shape index (κ2) is 6.73. The summed E-state index contributed by atoms with van der Waals surface area (Å²) in [6.07, 6.45) is 7.34. The molecule has 0 radical (unpaired) electrons. The molecule has 0 unspecified atom stereocenters. The highest BCUT2D eigenvalue weighted by Gasteiger charge is 2.22. The molecule has 2 rings (SSSR count). The molecule has 0 heterocycles. The maximum atomic E-state index is 13.4. The highest BCUT2D eigenvalue weighted by molar-refractivity contribution is 5.99. The number of rotatable bonds is 3. The van der Waals surface area contributed by atoms with Gasteiger partial charge in [0.15, 0.2) is 0 Å². The molecule has 1 aromatic rings. The molecule has 0 aliphatic heterocycles. The van der Waals surface area contributed by atoms with Crippen molar-refractivity contribution in [2.45, 2.75) is 51.5 Å². The number of carbonyl (C=O) groups excluding carboxylic acids is 1. The molecule has 3 N–H and O–H groups in total. The van der Waals surface area contributed by atoms with Crippen LogP contribution in [0.25, 0.3) is 0 Å². The molecule has 1 aliphatic carbocycles. The van der Waals surface area contributed by atoms with Gasteiger partial charge in [-0.1, -0.05) is 31.7 Å². The summed E-state index contributed by atoms with van der Waals surface area (Å²) in [6, 6.07) is 4.44. The molecule has 0 aromatic heterocycles. The molecular formula is C16H23FN2O. The monoisotopic (exact) mass is 278 g/mol. The zero-order valence-electron chi connectivity index (χ0n) is 12.0. The van der Waals surface area contributed by atoms with E-state index in [1.807, 2.05) is 6.92 Å². The van der Waals surface area contributed by atoms with Crippen LogP contribution in [0.2, 0.25) is 0 Å². The summed E-state index contributed by atoms with van der Waals surface area (Å²) in [5.74, 6) is -0.310. The molecule has 3 nitrogen and oxygen atoms in total. The normalized spacial score (nSPS) is 18.3. The molecule has 0 bridgehead atoms. The number of hydrogen-bond donors (Lipinski definition) is 2. The van der Waals surface area contributed by atoms with Crippen molar-refractivity contribution in [3.8, 4) is 0 Å². The van der Waals surface area contributed by atoms with E-state index in [1.54, 1.807) is 6.07 Å². The van der Waals surface area contributed by atoms with Gasteiger partial charge in [-0.05, 0) is 37.8 Å². The number of halogens is 1. The first kappa shape index (κ1) is 14.8. The average molecular weight is 278 g/mol. The summed E-state index contributed by atoms with van der Waals surface area (Å²) in [5.41, 5.74) is 5.78. The number of benzene rings is 1. The molecule has 1 aliphatic rings. The number of nitrogen functional groups attached to an aromatic ring is 1. The summed E-state index contributed by atoms with van der Waals surface area (Å²) < 4.78 is 13.4. The van der Waals surface area contributed by atoms with E-state index in [2.05, 4.69) is 5.32 Å². The molecule has 1 saturated carbocycles. The fourth-order valence-corrected chi connectivity index (χ4v) is 2.95. The topological polar surface area (TPSA) is 55.1 Å². The summed E-state index contributed by atoms with van der Waals surface area (Å²) in [4.78, 5) is 12.2. The first-order valence-electron chi connectivity index (χ1n) is 7.44. The third-order valence-corrected chi connectivity index (χ3v) is 4.26. The lowest BCUT2D eigenvalue weighted by Crippen LogP contribution is -2.38. The van der Waals surface area contributed by atoms with E-state index in [-0.39, 0.29) is 23.2 Å². The van der Waals surface area contributed by atoms with Crippen LogP contribution in [0.3, 0.4) is 0 Å². The number of nitrogens with one attached hydrogen (secondary N) is 1. The predicted octanol–water partition coefficient (Wildman–Crippen LogP) is 3.50. The highest BCUT2D eigenvalue weighted by Crippen LogP contribution is 2.26. The Bertz CT molecular complexity index is 468. The molecule has 20 heavy (non-hydrogen) atoms. The zero-order chi connectivity index (χ0) is 14.5. The van der Waals surface area contributed by atoms with Crippen molar-refractivity contribution in [1.29, 1.82) is 0 Å². The van der Waals surface area contributed by atoms with Crippen molar-refractivity contribution >= 4 is 11.6 Å². The van der Waals surface area contributed by atoms with Gasteiger partial charge in [-0.15, -0.1) is 0 Å².